The van der Waals surface area contributed by atoms with E-state index in [-0.39, 0.29) is 5.91 Å². The molecule has 4 aromatic rings. The molecule has 1 amide bonds. The molecule has 5 heteroatoms. The lowest BCUT2D eigenvalue weighted by atomic mass is 10.0. The van der Waals surface area contributed by atoms with Gasteiger partial charge in [0.15, 0.2) is 5.58 Å². The molecule has 0 aliphatic heterocycles. The second-order valence-electron chi connectivity index (χ2n) is 7.36. The van der Waals surface area contributed by atoms with Crippen molar-refractivity contribution in [3.05, 3.63) is 80.9 Å². The van der Waals surface area contributed by atoms with Crippen LogP contribution < -0.4 is 5.32 Å². The molecular formula is C24H21IN2O2. The van der Waals surface area contributed by atoms with Gasteiger partial charge in [0.25, 0.3) is 5.91 Å². The van der Waals surface area contributed by atoms with Crippen LogP contribution in [0.5, 0.6) is 0 Å². The van der Waals surface area contributed by atoms with Crippen LogP contribution in [-0.2, 0) is 0 Å². The Hall–Kier alpha value is -2.67. The number of aryl methyl sites for hydroxylation is 1. The molecule has 146 valence electrons. The fourth-order valence-electron chi connectivity index (χ4n) is 3.15. The van der Waals surface area contributed by atoms with Crippen LogP contribution in [0, 0.1) is 10.5 Å². The van der Waals surface area contributed by atoms with Crippen LogP contribution in [0.25, 0.3) is 22.6 Å². The number of hydrogen-bond acceptors (Lipinski definition) is 3. The van der Waals surface area contributed by atoms with Gasteiger partial charge in [0.2, 0.25) is 5.89 Å². The molecule has 0 spiro atoms. The first-order valence-electron chi connectivity index (χ1n) is 9.50. The number of hydrogen-bond donors (Lipinski definition) is 1. The van der Waals surface area contributed by atoms with Crippen molar-refractivity contribution >= 4 is 45.3 Å². The molecule has 4 rings (SSSR count). The molecule has 3 aromatic carbocycles. The predicted molar refractivity (Wildman–Crippen MR) is 125 cm³/mol. The van der Waals surface area contributed by atoms with Gasteiger partial charge in [-0.25, -0.2) is 4.98 Å². The maximum Gasteiger partial charge on any atom is 0.256 e. The molecule has 0 fully saturated rings. The van der Waals surface area contributed by atoms with E-state index >= 15 is 0 Å². The summed E-state index contributed by atoms with van der Waals surface area (Å²) in [6.07, 6.45) is 0. The predicted octanol–water partition coefficient (Wildman–Crippen LogP) is 6.78. The molecule has 0 saturated carbocycles. The van der Waals surface area contributed by atoms with Crippen LogP contribution in [0.2, 0.25) is 0 Å². The molecule has 0 aliphatic carbocycles. The molecule has 0 atom stereocenters. The number of carbonyl (C=O) groups is 1. The SMILES string of the molecule is Cc1ccc(-c2nc3cc(C(C)C)ccc3o2)cc1NC(=O)c1ccccc1I. The molecule has 1 N–H and O–H groups in total. The number of amides is 1. The van der Waals surface area contributed by atoms with Gasteiger partial charge in [-0.05, 0) is 83.0 Å². The summed E-state index contributed by atoms with van der Waals surface area (Å²) in [5, 5.41) is 3.02. The van der Waals surface area contributed by atoms with Crippen molar-refractivity contribution in [1.29, 1.82) is 0 Å². The van der Waals surface area contributed by atoms with Crippen molar-refractivity contribution in [1.82, 2.24) is 4.98 Å². The highest BCUT2D eigenvalue weighted by Gasteiger charge is 2.14. The van der Waals surface area contributed by atoms with Gasteiger partial charge in [-0.1, -0.05) is 38.1 Å². The van der Waals surface area contributed by atoms with E-state index in [0.717, 1.165) is 31.5 Å². The number of halogens is 1. The van der Waals surface area contributed by atoms with E-state index in [1.807, 2.05) is 55.5 Å². The molecule has 29 heavy (non-hydrogen) atoms. The van der Waals surface area contributed by atoms with Gasteiger partial charge in [-0.2, -0.15) is 0 Å². The van der Waals surface area contributed by atoms with Crippen molar-refractivity contribution in [3.8, 4) is 11.5 Å². The Labute approximate surface area is 183 Å². The Balaban J connectivity index is 1.67. The smallest absolute Gasteiger partial charge is 0.256 e. The molecule has 0 unspecified atom stereocenters. The van der Waals surface area contributed by atoms with Crippen molar-refractivity contribution in [2.24, 2.45) is 0 Å². The fraction of sp³-hybridized carbons (Fsp3) is 0.167. The molecular weight excluding hydrogens is 475 g/mol. The summed E-state index contributed by atoms with van der Waals surface area (Å²) in [6, 6.07) is 19.5. The minimum atomic E-state index is -0.130. The van der Waals surface area contributed by atoms with Gasteiger partial charge in [-0.3, -0.25) is 4.79 Å². The van der Waals surface area contributed by atoms with E-state index in [2.05, 4.69) is 58.9 Å². The Morgan fingerprint density at radius 3 is 2.62 bits per heavy atom. The van der Waals surface area contributed by atoms with E-state index in [1.165, 1.54) is 5.56 Å². The Kier molecular flexibility index (Phi) is 5.41. The quantitative estimate of drug-likeness (QED) is 0.317. The third-order valence-electron chi connectivity index (χ3n) is 4.93. The van der Waals surface area contributed by atoms with E-state index in [1.54, 1.807) is 0 Å². The van der Waals surface area contributed by atoms with Crippen molar-refractivity contribution < 1.29 is 9.21 Å². The minimum absolute atomic E-state index is 0.130. The van der Waals surface area contributed by atoms with E-state index < -0.39 is 0 Å². The van der Waals surface area contributed by atoms with Gasteiger partial charge >= 0.3 is 0 Å². The van der Waals surface area contributed by atoms with Gasteiger partial charge in [-0.15, -0.1) is 0 Å². The summed E-state index contributed by atoms with van der Waals surface area (Å²) < 4.78 is 6.88. The van der Waals surface area contributed by atoms with Crippen LogP contribution >= 0.6 is 22.6 Å². The van der Waals surface area contributed by atoms with E-state index in [0.29, 0.717) is 17.4 Å². The number of nitrogens with one attached hydrogen (secondary N) is 1. The number of aromatic nitrogens is 1. The monoisotopic (exact) mass is 496 g/mol. The van der Waals surface area contributed by atoms with Crippen LogP contribution in [0.4, 0.5) is 5.69 Å². The van der Waals surface area contributed by atoms with Crippen LogP contribution in [0.1, 0.15) is 41.3 Å². The lowest BCUT2D eigenvalue weighted by Crippen LogP contribution is -2.14. The Bertz CT molecular complexity index is 1210. The summed E-state index contributed by atoms with van der Waals surface area (Å²) in [4.78, 5) is 17.4. The average Bonchev–Trinajstić information content (AvgIpc) is 3.13. The van der Waals surface area contributed by atoms with Crippen molar-refractivity contribution in [3.63, 3.8) is 0 Å². The zero-order valence-corrected chi connectivity index (χ0v) is 18.7. The van der Waals surface area contributed by atoms with E-state index in [9.17, 15) is 4.79 Å². The lowest BCUT2D eigenvalue weighted by molar-refractivity contribution is 0.102. The van der Waals surface area contributed by atoms with Crippen molar-refractivity contribution in [2.75, 3.05) is 5.32 Å². The lowest BCUT2D eigenvalue weighted by Gasteiger charge is -2.10. The van der Waals surface area contributed by atoms with Crippen LogP contribution in [-0.4, -0.2) is 10.9 Å². The highest BCUT2D eigenvalue weighted by Crippen LogP contribution is 2.30. The summed E-state index contributed by atoms with van der Waals surface area (Å²) in [6.45, 7) is 6.28. The number of benzene rings is 3. The number of anilines is 1. The number of nitrogens with zero attached hydrogens (tertiary/aromatic N) is 1. The molecule has 0 saturated heterocycles. The highest BCUT2D eigenvalue weighted by molar-refractivity contribution is 14.1. The summed E-state index contributed by atoms with van der Waals surface area (Å²) >= 11 is 2.17. The highest BCUT2D eigenvalue weighted by atomic mass is 127. The van der Waals surface area contributed by atoms with Gasteiger partial charge in [0, 0.05) is 14.8 Å². The third-order valence-corrected chi connectivity index (χ3v) is 5.87. The Morgan fingerprint density at radius 1 is 1.07 bits per heavy atom. The Morgan fingerprint density at radius 2 is 1.86 bits per heavy atom. The third kappa shape index (κ3) is 4.05. The first kappa shape index (κ1) is 19.6. The maximum atomic E-state index is 12.7. The topological polar surface area (TPSA) is 55.1 Å². The molecule has 0 radical (unpaired) electrons. The molecule has 1 aromatic heterocycles. The first-order chi connectivity index (χ1) is 13.9. The maximum absolute atomic E-state index is 12.7. The average molecular weight is 496 g/mol. The number of oxazole rings is 1. The second kappa shape index (κ2) is 7.99. The summed E-state index contributed by atoms with van der Waals surface area (Å²) in [7, 11) is 0. The summed E-state index contributed by atoms with van der Waals surface area (Å²) in [5.41, 5.74) is 6.04. The number of fused-ring (bicyclic) bond motifs is 1. The van der Waals surface area contributed by atoms with Crippen LogP contribution in [0.3, 0.4) is 0 Å². The normalized spacial score (nSPS) is 11.2. The van der Waals surface area contributed by atoms with Crippen molar-refractivity contribution in [2.45, 2.75) is 26.7 Å². The fourth-order valence-corrected chi connectivity index (χ4v) is 3.78. The first-order valence-corrected chi connectivity index (χ1v) is 10.6. The molecule has 0 bridgehead atoms. The largest absolute Gasteiger partial charge is 0.436 e. The molecule has 4 nitrogen and oxygen atoms in total. The standard InChI is InChI=1S/C24H21IN2O2/c1-14(2)16-10-11-22-21(12-16)27-24(29-22)17-9-8-15(3)20(13-17)26-23(28)18-6-4-5-7-19(18)25/h4-14H,1-3H3,(H,26,28). The zero-order chi connectivity index (χ0) is 20.5. The number of rotatable bonds is 4. The van der Waals surface area contributed by atoms with Gasteiger partial charge < -0.3 is 9.73 Å². The minimum Gasteiger partial charge on any atom is -0.436 e. The number of carbonyl (C=O) groups excluding carboxylic acids is 1. The second-order valence-corrected chi connectivity index (χ2v) is 8.53. The molecule has 1 heterocycles. The summed E-state index contributed by atoms with van der Waals surface area (Å²) in [5.74, 6) is 0.849. The van der Waals surface area contributed by atoms with E-state index in [4.69, 9.17) is 4.42 Å². The molecule has 0 aliphatic rings. The van der Waals surface area contributed by atoms with Crippen LogP contribution in [0.15, 0.2) is 65.1 Å². The van der Waals surface area contributed by atoms with Gasteiger partial charge in [0.05, 0.1) is 5.56 Å². The zero-order valence-electron chi connectivity index (χ0n) is 16.5. The van der Waals surface area contributed by atoms with Gasteiger partial charge in [0.1, 0.15) is 5.52 Å².